The lowest BCUT2D eigenvalue weighted by Gasteiger charge is -2.07. The van der Waals surface area contributed by atoms with Gasteiger partial charge in [-0.05, 0) is 35.6 Å². The fraction of sp³-hybridized carbons (Fsp3) is 0.294. The summed E-state index contributed by atoms with van der Waals surface area (Å²) in [4.78, 5) is 4.46. The number of anilines is 1. The highest BCUT2D eigenvalue weighted by Crippen LogP contribution is 2.15. The summed E-state index contributed by atoms with van der Waals surface area (Å²) in [6.45, 7) is 7.18. The summed E-state index contributed by atoms with van der Waals surface area (Å²) in [6, 6.07) is 12.7. The van der Waals surface area contributed by atoms with E-state index < -0.39 is 0 Å². The maximum atomic E-state index is 4.46. The van der Waals surface area contributed by atoms with Gasteiger partial charge in [-0.25, -0.2) is 4.52 Å². The van der Waals surface area contributed by atoms with E-state index in [4.69, 9.17) is 0 Å². The predicted octanol–water partition coefficient (Wildman–Crippen LogP) is 3.77. The number of aryl methyl sites for hydroxylation is 1. The Bertz CT molecular complexity index is 741. The third kappa shape index (κ3) is 3.05. The molecule has 2 heterocycles. The second kappa shape index (κ2) is 5.56. The number of aromatic nitrogens is 3. The van der Waals surface area contributed by atoms with Gasteiger partial charge in [-0.1, -0.05) is 44.2 Å². The van der Waals surface area contributed by atoms with E-state index in [2.05, 4.69) is 53.5 Å². The first-order valence-corrected chi connectivity index (χ1v) is 7.27. The molecule has 0 spiro atoms. The van der Waals surface area contributed by atoms with Gasteiger partial charge in [0.1, 0.15) is 0 Å². The number of benzene rings is 1. The SMILES string of the molecule is Cc1ccc2nc(NCc3ccc(C(C)C)cc3)nn2c1. The summed E-state index contributed by atoms with van der Waals surface area (Å²) in [5, 5.41) is 7.70. The highest BCUT2D eigenvalue weighted by atomic mass is 15.3. The summed E-state index contributed by atoms with van der Waals surface area (Å²) in [5.41, 5.74) is 4.62. The molecule has 2 aromatic heterocycles. The summed E-state index contributed by atoms with van der Waals surface area (Å²) < 4.78 is 1.81. The normalized spacial score (nSPS) is 11.2. The van der Waals surface area contributed by atoms with Crippen LogP contribution >= 0.6 is 0 Å². The van der Waals surface area contributed by atoms with Crippen molar-refractivity contribution in [1.29, 1.82) is 0 Å². The van der Waals surface area contributed by atoms with Crippen LogP contribution in [0.4, 0.5) is 5.95 Å². The highest BCUT2D eigenvalue weighted by molar-refractivity contribution is 5.44. The molecule has 0 aliphatic heterocycles. The third-order valence-corrected chi connectivity index (χ3v) is 3.58. The van der Waals surface area contributed by atoms with Crippen molar-refractivity contribution in [3.63, 3.8) is 0 Å². The Kier molecular flexibility index (Phi) is 3.60. The van der Waals surface area contributed by atoms with Gasteiger partial charge in [0, 0.05) is 12.7 Å². The molecule has 0 radical (unpaired) electrons. The van der Waals surface area contributed by atoms with Gasteiger partial charge in [-0.15, -0.1) is 5.10 Å². The minimum absolute atomic E-state index is 0.565. The van der Waals surface area contributed by atoms with Crippen molar-refractivity contribution in [3.05, 3.63) is 59.3 Å². The zero-order chi connectivity index (χ0) is 14.8. The van der Waals surface area contributed by atoms with E-state index in [1.54, 1.807) is 4.52 Å². The lowest BCUT2D eigenvalue weighted by Crippen LogP contribution is -2.01. The fourth-order valence-corrected chi connectivity index (χ4v) is 2.26. The number of hydrogen-bond donors (Lipinski definition) is 1. The molecule has 0 amide bonds. The molecule has 21 heavy (non-hydrogen) atoms. The Hall–Kier alpha value is -2.36. The minimum atomic E-state index is 0.565. The molecule has 1 N–H and O–H groups in total. The fourth-order valence-electron chi connectivity index (χ4n) is 2.26. The van der Waals surface area contributed by atoms with E-state index in [9.17, 15) is 0 Å². The van der Waals surface area contributed by atoms with Crippen LogP contribution < -0.4 is 5.32 Å². The number of fused-ring (bicyclic) bond motifs is 1. The first kappa shape index (κ1) is 13.6. The second-order valence-electron chi connectivity index (χ2n) is 5.69. The Labute approximate surface area is 124 Å². The van der Waals surface area contributed by atoms with Gasteiger partial charge in [0.05, 0.1) is 0 Å². The van der Waals surface area contributed by atoms with Crippen LogP contribution in [0.15, 0.2) is 42.6 Å². The Balaban J connectivity index is 1.71. The molecule has 0 aliphatic rings. The summed E-state index contributed by atoms with van der Waals surface area (Å²) in [7, 11) is 0. The Morgan fingerprint density at radius 1 is 1.10 bits per heavy atom. The molecule has 1 aromatic carbocycles. The lowest BCUT2D eigenvalue weighted by atomic mass is 10.0. The molecular weight excluding hydrogens is 260 g/mol. The van der Waals surface area contributed by atoms with Crippen molar-refractivity contribution < 1.29 is 0 Å². The smallest absolute Gasteiger partial charge is 0.243 e. The summed E-state index contributed by atoms with van der Waals surface area (Å²) in [5.74, 6) is 1.23. The lowest BCUT2D eigenvalue weighted by molar-refractivity contribution is 0.865. The minimum Gasteiger partial charge on any atom is -0.349 e. The van der Waals surface area contributed by atoms with Crippen LogP contribution in [0.25, 0.3) is 5.65 Å². The maximum absolute atomic E-state index is 4.46. The van der Waals surface area contributed by atoms with Crippen LogP contribution in [0.3, 0.4) is 0 Å². The van der Waals surface area contributed by atoms with Crippen molar-refractivity contribution in [3.8, 4) is 0 Å². The predicted molar refractivity (Wildman–Crippen MR) is 85.6 cm³/mol. The molecule has 0 fully saturated rings. The van der Waals surface area contributed by atoms with Crippen LogP contribution in [0.1, 0.15) is 36.5 Å². The van der Waals surface area contributed by atoms with Crippen molar-refractivity contribution in [1.82, 2.24) is 14.6 Å². The van der Waals surface area contributed by atoms with E-state index >= 15 is 0 Å². The quantitative estimate of drug-likeness (QED) is 0.791. The van der Waals surface area contributed by atoms with Gasteiger partial charge in [-0.3, -0.25) is 0 Å². The largest absolute Gasteiger partial charge is 0.349 e. The highest BCUT2D eigenvalue weighted by Gasteiger charge is 2.04. The molecule has 4 heteroatoms. The van der Waals surface area contributed by atoms with Crippen molar-refractivity contribution in [2.75, 3.05) is 5.32 Å². The zero-order valence-corrected chi connectivity index (χ0v) is 12.7. The second-order valence-corrected chi connectivity index (χ2v) is 5.69. The molecular formula is C17H20N4. The Morgan fingerprint density at radius 2 is 1.86 bits per heavy atom. The maximum Gasteiger partial charge on any atom is 0.243 e. The van der Waals surface area contributed by atoms with Gasteiger partial charge >= 0.3 is 0 Å². The average Bonchev–Trinajstić information content (AvgIpc) is 2.87. The van der Waals surface area contributed by atoms with Crippen LogP contribution in [-0.4, -0.2) is 14.6 Å². The van der Waals surface area contributed by atoms with E-state index in [0.717, 1.165) is 12.2 Å². The van der Waals surface area contributed by atoms with Crippen molar-refractivity contribution in [2.45, 2.75) is 33.2 Å². The molecule has 3 aromatic rings. The summed E-state index contributed by atoms with van der Waals surface area (Å²) in [6.07, 6.45) is 1.98. The van der Waals surface area contributed by atoms with Crippen LogP contribution in [0, 0.1) is 6.92 Å². The average molecular weight is 280 g/mol. The Morgan fingerprint density at radius 3 is 2.57 bits per heavy atom. The molecule has 0 atom stereocenters. The summed E-state index contributed by atoms with van der Waals surface area (Å²) >= 11 is 0. The number of pyridine rings is 1. The first-order chi connectivity index (χ1) is 10.1. The molecule has 108 valence electrons. The van der Waals surface area contributed by atoms with Crippen LogP contribution in [0.5, 0.6) is 0 Å². The molecule has 4 nitrogen and oxygen atoms in total. The van der Waals surface area contributed by atoms with Gasteiger partial charge < -0.3 is 5.32 Å². The molecule has 0 bridgehead atoms. The molecule has 0 saturated heterocycles. The van der Waals surface area contributed by atoms with Crippen LogP contribution in [-0.2, 0) is 6.54 Å². The molecule has 0 aliphatic carbocycles. The standard InChI is InChI=1S/C17H20N4/c1-12(2)15-7-5-14(6-8-15)10-18-17-19-16-9-4-13(3)11-21(16)20-17/h4-9,11-12H,10H2,1-3H3,(H,18,20). The molecule has 0 saturated carbocycles. The third-order valence-electron chi connectivity index (χ3n) is 3.58. The first-order valence-electron chi connectivity index (χ1n) is 7.27. The van der Waals surface area contributed by atoms with Crippen molar-refractivity contribution >= 4 is 11.6 Å². The number of rotatable bonds is 4. The van der Waals surface area contributed by atoms with E-state index in [0.29, 0.717) is 11.9 Å². The number of hydrogen-bond acceptors (Lipinski definition) is 3. The van der Waals surface area contributed by atoms with Gasteiger partial charge in [0.2, 0.25) is 5.95 Å². The molecule has 0 unspecified atom stereocenters. The topological polar surface area (TPSA) is 42.2 Å². The van der Waals surface area contributed by atoms with Gasteiger partial charge in [0.25, 0.3) is 0 Å². The number of nitrogens with one attached hydrogen (secondary N) is 1. The van der Waals surface area contributed by atoms with Crippen molar-refractivity contribution in [2.24, 2.45) is 0 Å². The zero-order valence-electron chi connectivity index (χ0n) is 12.7. The van der Waals surface area contributed by atoms with Crippen LogP contribution in [0.2, 0.25) is 0 Å². The van der Waals surface area contributed by atoms with Gasteiger partial charge in [-0.2, -0.15) is 4.98 Å². The van der Waals surface area contributed by atoms with E-state index in [1.807, 2.05) is 25.3 Å². The van der Waals surface area contributed by atoms with Gasteiger partial charge in [0.15, 0.2) is 5.65 Å². The monoisotopic (exact) mass is 280 g/mol. The molecule has 3 rings (SSSR count). The number of nitrogens with zero attached hydrogens (tertiary/aromatic N) is 3. The van der Waals surface area contributed by atoms with E-state index in [-0.39, 0.29) is 0 Å². The van der Waals surface area contributed by atoms with E-state index in [1.165, 1.54) is 16.7 Å².